The molecular weight excluding hydrogens is 192 g/mol. The standard InChI is InChI=1S/C9H17F2NO2/c1-3-4-5-7(9(13)14)12(2)6-8(10)11/h7-8H,3-6H2,1-2H3,(H,13,14). The summed E-state index contributed by atoms with van der Waals surface area (Å²) >= 11 is 0. The summed E-state index contributed by atoms with van der Waals surface area (Å²) in [4.78, 5) is 11.9. The van der Waals surface area contributed by atoms with Gasteiger partial charge in [-0.3, -0.25) is 9.69 Å². The third kappa shape index (κ3) is 5.11. The Morgan fingerprint density at radius 1 is 1.50 bits per heavy atom. The molecule has 0 radical (unpaired) electrons. The van der Waals surface area contributed by atoms with Gasteiger partial charge in [0.05, 0.1) is 6.54 Å². The molecule has 0 saturated heterocycles. The summed E-state index contributed by atoms with van der Waals surface area (Å²) in [7, 11) is 1.42. The summed E-state index contributed by atoms with van der Waals surface area (Å²) in [6, 6.07) is -0.788. The van der Waals surface area contributed by atoms with Gasteiger partial charge in [0.1, 0.15) is 6.04 Å². The van der Waals surface area contributed by atoms with Crippen LogP contribution < -0.4 is 0 Å². The molecule has 0 heterocycles. The second-order valence-electron chi connectivity index (χ2n) is 3.33. The maximum Gasteiger partial charge on any atom is 0.320 e. The van der Waals surface area contributed by atoms with E-state index in [1.807, 2.05) is 6.92 Å². The van der Waals surface area contributed by atoms with Crippen molar-refractivity contribution < 1.29 is 18.7 Å². The fourth-order valence-corrected chi connectivity index (χ4v) is 1.27. The van der Waals surface area contributed by atoms with Gasteiger partial charge in [-0.15, -0.1) is 0 Å². The number of hydrogen-bond acceptors (Lipinski definition) is 2. The number of likely N-dealkylation sites (N-methyl/N-ethyl adjacent to an activating group) is 1. The van der Waals surface area contributed by atoms with Crippen molar-refractivity contribution in [1.29, 1.82) is 0 Å². The van der Waals surface area contributed by atoms with Gasteiger partial charge in [-0.05, 0) is 13.5 Å². The molecule has 0 aromatic rings. The third-order valence-electron chi connectivity index (χ3n) is 2.07. The first-order valence-corrected chi connectivity index (χ1v) is 4.70. The fraction of sp³-hybridized carbons (Fsp3) is 0.889. The molecule has 0 spiro atoms. The molecule has 1 N–H and O–H groups in total. The van der Waals surface area contributed by atoms with Crippen LogP contribution in [0.2, 0.25) is 0 Å². The van der Waals surface area contributed by atoms with Crippen LogP contribution in [0.5, 0.6) is 0 Å². The third-order valence-corrected chi connectivity index (χ3v) is 2.07. The number of rotatable bonds is 7. The number of unbranched alkanes of at least 4 members (excludes halogenated alkanes) is 1. The van der Waals surface area contributed by atoms with Gasteiger partial charge in [0.2, 0.25) is 0 Å². The maximum absolute atomic E-state index is 12.0. The molecule has 0 rings (SSSR count). The molecule has 0 saturated carbocycles. The van der Waals surface area contributed by atoms with Gasteiger partial charge in [-0.25, -0.2) is 8.78 Å². The van der Waals surface area contributed by atoms with Crippen LogP contribution in [0.3, 0.4) is 0 Å². The Balaban J connectivity index is 4.11. The van der Waals surface area contributed by atoms with Crippen molar-refractivity contribution in [2.45, 2.75) is 38.7 Å². The summed E-state index contributed by atoms with van der Waals surface area (Å²) in [5, 5.41) is 8.80. The topological polar surface area (TPSA) is 40.5 Å². The van der Waals surface area contributed by atoms with Crippen LogP contribution in [0.25, 0.3) is 0 Å². The second kappa shape index (κ2) is 6.70. The molecule has 14 heavy (non-hydrogen) atoms. The number of aliphatic carboxylic acids is 1. The molecule has 0 fully saturated rings. The summed E-state index contributed by atoms with van der Waals surface area (Å²) in [6.07, 6.45) is -0.449. The number of alkyl halides is 2. The molecule has 5 heteroatoms. The van der Waals surface area contributed by atoms with E-state index in [1.165, 1.54) is 11.9 Å². The van der Waals surface area contributed by atoms with Crippen LogP contribution >= 0.6 is 0 Å². The Kier molecular flexibility index (Phi) is 6.36. The number of carbonyl (C=O) groups is 1. The van der Waals surface area contributed by atoms with Gasteiger partial charge in [0.15, 0.2) is 0 Å². The fourth-order valence-electron chi connectivity index (χ4n) is 1.27. The van der Waals surface area contributed by atoms with E-state index in [-0.39, 0.29) is 0 Å². The van der Waals surface area contributed by atoms with Gasteiger partial charge in [0.25, 0.3) is 6.43 Å². The van der Waals surface area contributed by atoms with Gasteiger partial charge in [-0.1, -0.05) is 19.8 Å². The number of carboxylic acid groups (broad SMARTS) is 1. The molecule has 0 bridgehead atoms. The SMILES string of the molecule is CCCCC(C(=O)O)N(C)CC(F)F. The second-order valence-corrected chi connectivity index (χ2v) is 3.33. The lowest BCUT2D eigenvalue weighted by Gasteiger charge is -2.23. The lowest BCUT2D eigenvalue weighted by atomic mass is 10.1. The molecule has 84 valence electrons. The van der Waals surface area contributed by atoms with Crippen molar-refractivity contribution >= 4 is 5.97 Å². The summed E-state index contributed by atoms with van der Waals surface area (Å²) in [6.45, 7) is 1.45. The Morgan fingerprint density at radius 2 is 2.07 bits per heavy atom. The number of nitrogens with zero attached hydrogens (tertiary/aromatic N) is 1. The van der Waals surface area contributed by atoms with Crippen molar-refractivity contribution in [3.05, 3.63) is 0 Å². The van der Waals surface area contributed by atoms with E-state index in [2.05, 4.69) is 0 Å². The highest BCUT2D eigenvalue weighted by molar-refractivity contribution is 5.73. The summed E-state index contributed by atoms with van der Waals surface area (Å²) in [5.74, 6) is -1.03. The van der Waals surface area contributed by atoms with E-state index in [1.54, 1.807) is 0 Å². The quantitative estimate of drug-likeness (QED) is 0.695. The van der Waals surface area contributed by atoms with Crippen molar-refractivity contribution in [3.8, 4) is 0 Å². The lowest BCUT2D eigenvalue weighted by molar-refractivity contribution is -0.143. The van der Waals surface area contributed by atoms with Crippen LogP contribution in [0.4, 0.5) is 8.78 Å². The largest absolute Gasteiger partial charge is 0.480 e. The smallest absolute Gasteiger partial charge is 0.320 e. The minimum Gasteiger partial charge on any atom is -0.480 e. The number of halogens is 2. The zero-order valence-corrected chi connectivity index (χ0v) is 8.54. The molecule has 1 atom stereocenters. The van der Waals surface area contributed by atoms with E-state index in [9.17, 15) is 13.6 Å². The molecular formula is C9H17F2NO2. The molecule has 1 unspecified atom stereocenters. The molecule has 0 amide bonds. The monoisotopic (exact) mass is 209 g/mol. The van der Waals surface area contributed by atoms with E-state index >= 15 is 0 Å². The highest BCUT2D eigenvalue weighted by Gasteiger charge is 2.23. The first-order chi connectivity index (χ1) is 6.49. The van der Waals surface area contributed by atoms with Crippen LogP contribution in [0.1, 0.15) is 26.2 Å². The Labute approximate surface area is 82.7 Å². The van der Waals surface area contributed by atoms with Gasteiger partial charge >= 0.3 is 5.97 Å². The molecule has 0 aliphatic rings. The summed E-state index contributed by atoms with van der Waals surface area (Å²) in [5.41, 5.74) is 0. The molecule has 0 aliphatic carbocycles. The molecule has 0 aromatic heterocycles. The van der Waals surface area contributed by atoms with E-state index in [0.717, 1.165) is 12.8 Å². The van der Waals surface area contributed by atoms with E-state index in [0.29, 0.717) is 6.42 Å². The van der Waals surface area contributed by atoms with Gasteiger partial charge in [-0.2, -0.15) is 0 Å². The Hall–Kier alpha value is -0.710. The normalized spacial score (nSPS) is 13.6. The lowest BCUT2D eigenvalue weighted by Crippen LogP contribution is -2.40. The Bertz CT molecular complexity index is 176. The highest BCUT2D eigenvalue weighted by Crippen LogP contribution is 2.09. The van der Waals surface area contributed by atoms with Crippen molar-refractivity contribution in [3.63, 3.8) is 0 Å². The molecule has 3 nitrogen and oxygen atoms in total. The average molecular weight is 209 g/mol. The van der Waals surface area contributed by atoms with Crippen molar-refractivity contribution in [2.75, 3.05) is 13.6 Å². The van der Waals surface area contributed by atoms with Crippen LogP contribution in [0.15, 0.2) is 0 Å². The zero-order chi connectivity index (χ0) is 11.1. The highest BCUT2D eigenvalue weighted by atomic mass is 19.3. The van der Waals surface area contributed by atoms with Crippen molar-refractivity contribution in [1.82, 2.24) is 4.90 Å². The predicted molar refractivity (Wildman–Crippen MR) is 49.6 cm³/mol. The Morgan fingerprint density at radius 3 is 2.43 bits per heavy atom. The number of hydrogen-bond donors (Lipinski definition) is 1. The first-order valence-electron chi connectivity index (χ1n) is 4.70. The minimum absolute atomic E-state index is 0.426. The van der Waals surface area contributed by atoms with Crippen LogP contribution in [0, 0.1) is 0 Å². The number of carboxylic acids is 1. The van der Waals surface area contributed by atoms with E-state index in [4.69, 9.17) is 5.11 Å². The molecule has 0 aromatic carbocycles. The predicted octanol–water partition coefficient (Wildman–Crippen LogP) is 1.83. The van der Waals surface area contributed by atoms with Gasteiger partial charge in [0, 0.05) is 0 Å². The summed E-state index contributed by atoms with van der Waals surface area (Å²) < 4.78 is 24.0. The van der Waals surface area contributed by atoms with E-state index < -0.39 is 25.0 Å². The molecule has 0 aliphatic heterocycles. The first kappa shape index (κ1) is 13.3. The average Bonchev–Trinajstić information content (AvgIpc) is 2.02. The van der Waals surface area contributed by atoms with Crippen LogP contribution in [-0.2, 0) is 4.79 Å². The van der Waals surface area contributed by atoms with Crippen molar-refractivity contribution in [2.24, 2.45) is 0 Å². The zero-order valence-electron chi connectivity index (χ0n) is 8.54. The van der Waals surface area contributed by atoms with Gasteiger partial charge < -0.3 is 5.11 Å². The van der Waals surface area contributed by atoms with Crippen LogP contribution in [-0.4, -0.2) is 42.0 Å². The maximum atomic E-state index is 12.0. The minimum atomic E-state index is -2.48.